The molecule has 98 valence electrons. The second-order valence-corrected chi connectivity index (χ2v) is 5.83. The van der Waals surface area contributed by atoms with Gasteiger partial charge in [-0.2, -0.15) is 0 Å². The smallest absolute Gasteiger partial charge is 0.240 e. The van der Waals surface area contributed by atoms with Crippen LogP contribution in [-0.2, 0) is 14.8 Å². The molecule has 1 aliphatic rings. The standard InChI is InChI=1S/C11H13FN2O3S/c12-8-1-4-10(5-2-8)18(16,17)14-9-3-6-11(15)13-7-9/h1-2,4-5,9,14H,3,6-7H2,(H,13,15). The summed E-state index contributed by atoms with van der Waals surface area (Å²) in [6.45, 7) is 0.277. The number of carbonyl (C=O) groups is 1. The summed E-state index contributed by atoms with van der Waals surface area (Å²) in [6.07, 6.45) is 0.767. The van der Waals surface area contributed by atoms with Crippen LogP contribution in [-0.4, -0.2) is 26.9 Å². The van der Waals surface area contributed by atoms with Gasteiger partial charge in [0.2, 0.25) is 15.9 Å². The molecule has 1 fully saturated rings. The minimum absolute atomic E-state index is 0.0146. The topological polar surface area (TPSA) is 75.3 Å². The first-order chi connectivity index (χ1) is 8.47. The average Bonchev–Trinajstić information content (AvgIpc) is 2.32. The summed E-state index contributed by atoms with van der Waals surface area (Å²) in [5, 5.41) is 2.59. The lowest BCUT2D eigenvalue weighted by molar-refractivity contribution is -0.122. The van der Waals surface area contributed by atoms with Crippen LogP contribution in [0.1, 0.15) is 12.8 Å². The lowest BCUT2D eigenvalue weighted by Gasteiger charge is -2.23. The summed E-state index contributed by atoms with van der Waals surface area (Å²) >= 11 is 0. The minimum Gasteiger partial charge on any atom is -0.355 e. The number of rotatable bonds is 3. The third-order valence-electron chi connectivity index (χ3n) is 2.71. The van der Waals surface area contributed by atoms with Crippen LogP contribution >= 0.6 is 0 Å². The highest BCUT2D eigenvalue weighted by molar-refractivity contribution is 7.89. The molecule has 0 bridgehead atoms. The van der Waals surface area contributed by atoms with Gasteiger partial charge >= 0.3 is 0 Å². The van der Waals surface area contributed by atoms with E-state index in [1.807, 2.05) is 0 Å². The maximum atomic E-state index is 12.7. The Morgan fingerprint density at radius 1 is 1.28 bits per heavy atom. The largest absolute Gasteiger partial charge is 0.355 e. The highest BCUT2D eigenvalue weighted by Gasteiger charge is 2.23. The van der Waals surface area contributed by atoms with Crippen LogP contribution in [0, 0.1) is 5.82 Å². The SMILES string of the molecule is O=C1CCC(NS(=O)(=O)c2ccc(F)cc2)CN1. The summed E-state index contributed by atoms with van der Waals surface area (Å²) in [5.41, 5.74) is 0. The van der Waals surface area contributed by atoms with Crippen LogP contribution in [0.25, 0.3) is 0 Å². The lowest BCUT2D eigenvalue weighted by Crippen LogP contribution is -2.47. The molecule has 0 aliphatic carbocycles. The van der Waals surface area contributed by atoms with E-state index in [-0.39, 0.29) is 23.4 Å². The molecule has 1 saturated heterocycles. The maximum Gasteiger partial charge on any atom is 0.240 e. The van der Waals surface area contributed by atoms with Crippen molar-refractivity contribution in [2.24, 2.45) is 0 Å². The van der Waals surface area contributed by atoms with Crippen molar-refractivity contribution in [1.29, 1.82) is 0 Å². The molecule has 1 aromatic carbocycles. The van der Waals surface area contributed by atoms with Crippen molar-refractivity contribution in [2.75, 3.05) is 6.54 Å². The van der Waals surface area contributed by atoms with Crippen molar-refractivity contribution in [3.8, 4) is 0 Å². The summed E-state index contributed by atoms with van der Waals surface area (Å²) in [6, 6.07) is 4.28. The van der Waals surface area contributed by atoms with Crippen molar-refractivity contribution in [3.05, 3.63) is 30.1 Å². The first kappa shape index (κ1) is 13.0. The molecule has 2 rings (SSSR count). The van der Waals surface area contributed by atoms with Gasteiger partial charge in [0.25, 0.3) is 0 Å². The molecule has 1 aliphatic heterocycles. The predicted molar refractivity (Wildman–Crippen MR) is 62.8 cm³/mol. The fourth-order valence-electron chi connectivity index (χ4n) is 1.73. The molecule has 1 aromatic rings. The van der Waals surface area contributed by atoms with Crippen molar-refractivity contribution in [1.82, 2.24) is 10.0 Å². The van der Waals surface area contributed by atoms with E-state index >= 15 is 0 Å². The minimum atomic E-state index is -3.66. The van der Waals surface area contributed by atoms with Gasteiger partial charge < -0.3 is 5.32 Å². The third-order valence-corrected chi connectivity index (χ3v) is 4.25. The van der Waals surface area contributed by atoms with Gasteiger partial charge in [-0.3, -0.25) is 4.79 Å². The molecule has 0 radical (unpaired) electrons. The molecule has 5 nitrogen and oxygen atoms in total. The third kappa shape index (κ3) is 3.05. The molecule has 1 amide bonds. The summed E-state index contributed by atoms with van der Waals surface area (Å²) in [5.74, 6) is -0.564. The Morgan fingerprint density at radius 3 is 2.50 bits per heavy atom. The second-order valence-electron chi connectivity index (χ2n) is 4.11. The number of piperidine rings is 1. The van der Waals surface area contributed by atoms with Crippen molar-refractivity contribution >= 4 is 15.9 Å². The molecule has 18 heavy (non-hydrogen) atoms. The van der Waals surface area contributed by atoms with Gasteiger partial charge in [-0.05, 0) is 30.7 Å². The number of hydrogen-bond donors (Lipinski definition) is 2. The highest BCUT2D eigenvalue weighted by Crippen LogP contribution is 2.12. The monoisotopic (exact) mass is 272 g/mol. The van der Waals surface area contributed by atoms with Crippen LogP contribution in [0.2, 0.25) is 0 Å². The van der Waals surface area contributed by atoms with Gasteiger partial charge in [-0.15, -0.1) is 0 Å². The van der Waals surface area contributed by atoms with E-state index in [1.165, 1.54) is 12.1 Å². The summed E-state index contributed by atoms with van der Waals surface area (Å²) < 4.78 is 39.1. The normalized spacial score (nSPS) is 20.5. The fraction of sp³-hybridized carbons (Fsp3) is 0.364. The molecule has 0 saturated carbocycles. The Labute approximate surface area is 104 Å². The van der Waals surface area contributed by atoms with Gasteiger partial charge in [-0.25, -0.2) is 17.5 Å². The number of sulfonamides is 1. The van der Waals surface area contributed by atoms with Gasteiger partial charge in [0, 0.05) is 19.0 Å². The molecule has 1 atom stereocenters. The van der Waals surface area contributed by atoms with Gasteiger partial charge in [0.15, 0.2) is 0 Å². The number of nitrogens with one attached hydrogen (secondary N) is 2. The Kier molecular flexibility index (Phi) is 3.63. The molecule has 1 heterocycles. The Morgan fingerprint density at radius 2 is 1.94 bits per heavy atom. The van der Waals surface area contributed by atoms with Crippen LogP contribution < -0.4 is 10.0 Å². The first-order valence-corrected chi connectivity index (χ1v) is 7.00. The number of amides is 1. The quantitative estimate of drug-likeness (QED) is 0.835. The Bertz CT molecular complexity index is 532. The van der Waals surface area contributed by atoms with Crippen LogP contribution in [0.3, 0.4) is 0 Å². The number of hydrogen-bond acceptors (Lipinski definition) is 3. The first-order valence-electron chi connectivity index (χ1n) is 5.52. The molecular weight excluding hydrogens is 259 g/mol. The van der Waals surface area contributed by atoms with E-state index in [2.05, 4.69) is 10.0 Å². The predicted octanol–water partition coefficient (Wildman–Crippen LogP) is 0.383. The Hall–Kier alpha value is -1.47. The van der Waals surface area contributed by atoms with E-state index in [0.29, 0.717) is 12.8 Å². The zero-order chi connectivity index (χ0) is 13.2. The molecule has 7 heteroatoms. The second kappa shape index (κ2) is 5.03. The molecule has 0 aromatic heterocycles. The van der Waals surface area contributed by atoms with Gasteiger partial charge in [0.1, 0.15) is 5.82 Å². The van der Waals surface area contributed by atoms with Crippen LogP contribution in [0.5, 0.6) is 0 Å². The van der Waals surface area contributed by atoms with E-state index < -0.39 is 15.8 Å². The van der Waals surface area contributed by atoms with E-state index in [1.54, 1.807) is 0 Å². The van der Waals surface area contributed by atoms with Crippen molar-refractivity contribution < 1.29 is 17.6 Å². The van der Waals surface area contributed by atoms with E-state index in [4.69, 9.17) is 0 Å². The van der Waals surface area contributed by atoms with E-state index in [0.717, 1.165) is 12.1 Å². The zero-order valence-electron chi connectivity index (χ0n) is 9.52. The van der Waals surface area contributed by atoms with Crippen LogP contribution in [0.15, 0.2) is 29.2 Å². The van der Waals surface area contributed by atoms with Crippen LogP contribution in [0.4, 0.5) is 4.39 Å². The maximum absolute atomic E-state index is 12.7. The summed E-state index contributed by atoms with van der Waals surface area (Å²) in [4.78, 5) is 11.0. The average molecular weight is 272 g/mol. The number of halogens is 1. The molecular formula is C11H13FN2O3S. The van der Waals surface area contributed by atoms with E-state index in [9.17, 15) is 17.6 Å². The lowest BCUT2D eigenvalue weighted by atomic mass is 10.1. The number of carbonyl (C=O) groups excluding carboxylic acids is 1. The Balaban J connectivity index is 2.07. The number of benzene rings is 1. The molecule has 1 unspecified atom stereocenters. The van der Waals surface area contributed by atoms with Crippen molar-refractivity contribution in [3.63, 3.8) is 0 Å². The van der Waals surface area contributed by atoms with Gasteiger partial charge in [0.05, 0.1) is 4.90 Å². The van der Waals surface area contributed by atoms with Crippen molar-refractivity contribution in [2.45, 2.75) is 23.8 Å². The highest BCUT2D eigenvalue weighted by atomic mass is 32.2. The molecule has 2 N–H and O–H groups in total. The summed E-state index contributed by atoms with van der Waals surface area (Å²) in [7, 11) is -3.66. The molecule has 0 spiro atoms. The fourth-order valence-corrected chi connectivity index (χ4v) is 3.01. The zero-order valence-corrected chi connectivity index (χ0v) is 10.3. The van der Waals surface area contributed by atoms with Gasteiger partial charge in [-0.1, -0.05) is 0 Å².